The normalized spacial score (nSPS) is 15.9. The van der Waals surface area contributed by atoms with E-state index in [1.807, 2.05) is 30.3 Å². The third-order valence-electron chi connectivity index (χ3n) is 5.05. The van der Waals surface area contributed by atoms with E-state index in [1.165, 1.54) is 16.4 Å². The minimum atomic E-state index is -3.59. The number of hydrogen-bond donors (Lipinski definition) is 1. The standard InChI is InChI=1S/C23H29N3O3S/c1-18(2)16-22(19-10-5-3-6-11-19)24-25-23(27)20-12-9-13-21(17-20)30(28,29)26-14-7-4-8-15-26/h3,5-6,9-13,17-18H,4,7-8,14-16H2,1-2H3,(H,25,27)/b24-22-. The smallest absolute Gasteiger partial charge is 0.267 e. The summed E-state index contributed by atoms with van der Waals surface area (Å²) >= 11 is 0. The van der Waals surface area contributed by atoms with Crippen LogP contribution >= 0.6 is 0 Å². The summed E-state index contributed by atoms with van der Waals surface area (Å²) in [6.07, 6.45) is 3.50. The average molecular weight is 428 g/mol. The van der Waals surface area contributed by atoms with Gasteiger partial charge in [-0.15, -0.1) is 0 Å². The highest BCUT2D eigenvalue weighted by Crippen LogP contribution is 2.21. The summed E-state index contributed by atoms with van der Waals surface area (Å²) in [7, 11) is -3.59. The van der Waals surface area contributed by atoms with Crippen LogP contribution in [0.15, 0.2) is 64.6 Å². The minimum absolute atomic E-state index is 0.145. The monoisotopic (exact) mass is 427 g/mol. The number of sulfonamides is 1. The van der Waals surface area contributed by atoms with E-state index in [0.717, 1.165) is 30.5 Å². The average Bonchev–Trinajstić information content (AvgIpc) is 2.77. The fourth-order valence-electron chi connectivity index (χ4n) is 3.48. The molecule has 2 aromatic rings. The molecule has 1 amide bonds. The van der Waals surface area contributed by atoms with E-state index >= 15 is 0 Å². The molecule has 1 saturated heterocycles. The Morgan fingerprint density at radius 2 is 1.67 bits per heavy atom. The second-order valence-electron chi connectivity index (χ2n) is 7.96. The maximum Gasteiger partial charge on any atom is 0.271 e. The summed E-state index contributed by atoms with van der Waals surface area (Å²) in [5.74, 6) is -0.0539. The molecule has 3 rings (SSSR count). The molecule has 1 N–H and O–H groups in total. The topological polar surface area (TPSA) is 78.8 Å². The maximum absolute atomic E-state index is 12.9. The Kier molecular flexibility index (Phi) is 7.39. The van der Waals surface area contributed by atoms with Gasteiger partial charge in [0.2, 0.25) is 10.0 Å². The van der Waals surface area contributed by atoms with Gasteiger partial charge in [0.1, 0.15) is 0 Å². The van der Waals surface area contributed by atoms with Gasteiger partial charge in [0, 0.05) is 18.7 Å². The quantitative estimate of drug-likeness (QED) is 0.535. The first kappa shape index (κ1) is 22.2. The summed E-state index contributed by atoms with van der Waals surface area (Å²) in [6.45, 7) is 5.24. The van der Waals surface area contributed by atoms with Gasteiger partial charge in [0.05, 0.1) is 10.6 Å². The third kappa shape index (κ3) is 5.55. The summed E-state index contributed by atoms with van der Waals surface area (Å²) < 4.78 is 27.3. The van der Waals surface area contributed by atoms with Gasteiger partial charge in [-0.3, -0.25) is 4.79 Å². The van der Waals surface area contributed by atoms with Crippen molar-refractivity contribution in [2.24, 2.45) is 11.0 Å². The zero-order valence-electron chi connectivity index (χ0n) is 17.5. The summed E-state index contributed by atoms with van der Waals surface area (Å²) in [4.78, 5) is 12.8. The molecule has 0 spiro atoms. The van der Waals surface area contributed by atoms with Crippen LogP contribution in [0.25, 0.3) is 0 Å². The number of carbonyl (C=O) groups excluding carboxylic acids is 1. The van der Waals surface area contributed by atoms with Crippen molar-refractivity contribution in [2.75, 3.05) is 13.1 Å². The lowest BCUT2D eigenvalue weighted by atomic mass is 10.0. The van der Waals surface area contributed by atoms with Crippen molar-refractivity contribution in [2.45, 2.75) is 44.4 Å². The number of rotatable bonds is 7. The van der Waals surface area contributed by atoms with E-state index in [2.05, 4.69) is 24.4 Å². The molecule has 1 heterocycles. The van der Waals surface area contributed by atoms with Crippen LogP contribution in [0.1, 0.15) is 55.5 Å². The van der Waals surface area contributed by atoms with Crippen molar-refractivity contribution in [3.63, 3.8) is 0 Å². The van der Waals surface area contributed by atoms with Gasteiger partial charge < -0.3 is 0 Å². The molecule has 0 bridgehead atoms. The second-order valence-corrected chi connectivity index (χ2v) is 9.89. The van der Waals surface area contributed by atoms with Crippen LogP contribution in [0.3, 0.4) is 0 Å². The zero-order valence-corrected chi connectivity index (χ0v) is 18.4. The number of hydrazone groups is 1. The highest BCUT2D eigenvalue weighted by molar-refractivity contribution is 7.89. The lowest BCUT2D eigenvalue weighted by Crippen LogP contribution is -2.35. The second kappa shape index (κ2) is 10.00. The van der Waals surface area contributed by atoms with Crippen molar-refractivity contribution < 1.29 is 13.2 Å². The number of benzene rings is 2. The van der Waals surface area contributed by atoms with Crippen LogP contribution in [0, 0.1) is 5.92 Å². The Balaban J connectivity index is 1.79. The molecular formula is C23H29N3O3S. The molecule has 0 radical (unpaired) electrons. The van der Waals surface area contributed by atoms with Crippen LogP contribution in [0.4, 0.5) is 0 Å². The van der Waals surface area contributed by atoms with E-state index < -0.39 is 15.9 Å². The molecule has 0 aliphatic carbocycles. The van der Waals surface area contributed by atoms with Gasteiger partial charge >= 0.3 is 0 Å². The number of amides is 1. The van der Waals surface area contributed by atoms with Crippen molar-refractivity contribution in [3.05, 3.63) is 65.7 Å². The molecule has 160 valence electrons. The molecule has 2 aromatic carbocycles. The minimum Gasteiger partial charge on any atom is -0.267 e. The molecule has 0 atom stereocenters. The molecule has 1 fully saturated rings. The molecule has 7 heteroatoms. The van der Waals surface area contributed by atoms with Gasteiger partial charge in [-0.1, -0.05) is 56.7 Å². The van der Waals surface area contributed by atoms with Gasteiger partial charge in [-0.25, -0.2) is 13.8 Å². The van der Waals surface area contributed by atoms with Crippen LogP contribution in [0.2, 0.25) is 0 Å². The largest absolute Gasteiger partial charge is 0.271 e. The zero-order chi connectivity index (χ0) is 21.6. The summed E-state index contributed by atoms with van der Waals surface area (Å²) in [6, 6.07) is 15.9. The summed E-state index contributed by atoms with van der Waals surface area (Å²) in [5, 5.41) is 4.35. The maximum atomic E-state index is 12.9. The van der Waals surface area contributed by atoms with Crippen LogP contribution < -0.4 is 5.43 Å². The predicted octanol–water partition coefficient (Wildman–Crippen LogP) is 4.04. The fraction of sp³-hybridized carbons (Fsp3) is 0.391. The first-order valence-electron chi connectivity index (χ1n) is 10.4. The van der Waals surface area contributed by atoms with Crippen LogP contribution in [0.5, 0.6) is 0 Å². The van der Waals surface area contributed by atoms with Crippen molar-refractivity contribution in [1.82, 2.24) is 9.73 Å². The fourth-order valence-corrected chi connectivity index (χ4v) is 5.04. The predicted molar refractivity (Wildman–Crippen MR) is 119 cm³/mol. The molecule has 0 saturated carbocycles. The number of nitrogens with one attached hydrogen (secondary N) is 1. The number of carbonyl (C=O) groups is 1. The molecular weight excluding hydrogens is 398 g/mol. The van der Waals surface area contributed by atoms with Gasteiger partial charge in [-0.05, 0) is 48.9 Å². The van der Waals surface area contributed by atoms with Gasteiger partial charge in [0.15, 0.2) is 0 Å². The van der Waals surface area contributed by atoms with E-state index in [4.69, 9.17) is 0 Å². The highest BCUT2D eigenvalue weighted by Gasteiger charge is 2.26. The van der Waals surface area contributed by atoms with Crippen molar-refractivity contribution >= 4 is 21.6 Å². The van der Waals surface area contributed by atoms with E-state index in [9.17, 15) is 13.2 Å². The Labute approximate surface area is 179 Å². The third-order valence-corrected chi connectivity index (χ3v) is 6.94. The number of nitrogens with zero attached hydrogens (tertiary/aromatic N) is 2. The Morgan fingerprint density at radius 1 is 1.00 bits per heavy atom. The van der Waals surface area contributed by atoms with E-state index in [-0.39, 0.29) is 10.5 Å². The van der Waals surface area contributed by atoms with E-state index in [1.54, 1.807) is 12.1 Å². The number of piperidine rings is 1. The van der Waals surface area contributed by atoms with Gasteiger partial charge in [0.25, 0.3) is 5.91 Å². The Morgan fingerprint density at radius 3 is 2.33 bits per heavy atom. The molecule has 30 heavy (non-hydrogen) atoms. The Hall–Kier alpha value is -2.51. The first-order chi connectivity index (χ1) is 14.4. The molecule has 6 nitrogen and oxygen atoms in total. The van der Waals surface area contributed by atoms with Gasteiger partial charge in [-0.2, -0.15) is 9.41 Å². The lowest BCUT2D eigenvalue weighted by Gasteiger charge is -2.25. The molecule has 0 unspecified atom stereocenters. The molecule has 1 aliphatic heterocycles. The molecule has 1 aliphatic rings. The van der Waals surface area contributed by atoms with Crippen molar-refractivity contribution in [1.29, 1.82) is 0 Å². The number of hydrogen-bond acceptors (Lipinski definition) is 4. The van der Waals surface area contributed by atoms with E-state index in [0.29, 0.717) is 25.4 Å². The SMILES string of the molecule is CC(C)C/C(=N/NC(=O)c1cccc(S(=O)(=O)N2CCCCC2)c1)c1ccccc1. The van der Waals surface area contributed by atoms with Crippen molar-refractivity contribution in [3.8, 4) is 0 Å². The lowest BCUT2D eigenvalue weighted by molar-refractivity contribution is 0.0954. The molecule has 0 aromatic heterocycles. The Bertz CT molecular complexity index is 995. The highest BCUT2D eigenvalue weighted by atomic mass is 32.2. The summed E-state index contributed by atoms with van der Waals surface area (Å²) in [5.41, 5.74) is 4.61. The van der Waals surface area contributed by atoms with Crippen LogP contribution in [-0.2, 0) is 10.0 Å². The first-order valence-corrected chi connectivity index (χ1v) is 11.8. The van der Waals surface area contributed by atoms with Crippen LogP contribution in [-0.4, -0.2) is 37.4 Å².